The van der Waals surface area contributed by atoms with Gasteiger partial charge in [0, 0.05) is 4.90 Å². The average molecular weight is 272 g/mol. The van der Waals surface area contributed by atoms with E-state index in [9.17, 15) is 4.79 Å². The number of hydrogen-bond donors (Lipinski definition) is 1. The first-order chi connectivity index (χ1) is 9.22. The van der Waals surface area contributed by atoms with Crippen molar-refractivity contribution in [1.82, 2.24) is 10.2 Å². The lowest BCUT2D eigenvalue weighted by atomic mass is 10.1. The van der Waals surface area contributed by atoms with Gasteiger partial charge in [-0.3, -0.25) is 0 Å². The van der Waals surface area contributed by atoms with E-state index >= 15 is 0 Å². The molecule has 1 aromatic carbocycles. The molecule has 19 heavy (non-hydrogen) atoms. The Bertz CT molecular complexity index is 626. The monoisotopic (exact) mass is 272 g/mol. The number of aryl methyl sites for hydroxylation is 2. The fourth-order valence-corrected chi connectivity index (χ4v) is 3.02. The van der Waals surface area contributed by atoms with E-state index in [0.717, 1.165) is 11.3 Å². The summed E-state index contributed by atoms with van der Waals surface area (Å²) in [4.78, 5) is 11.8. The second kappa shape index (κ2) is 5.01. The summed E-state index contributed by atoms with van der Waals surface area (Å²) in [6.45, 7) is 0. The summed E-state index contributed by atoms with van der Waals surface area (Å²) in [5.74, 6) is -1.05. The summed E-state index contributed by atoms with van der Waals surface area (Å²) in [7, 11) is 0. The third-order valence-electron chi connectivity index (χ3n) is 3.15. The predicted molar refractivity (Wildman–Crippen MR) is 71.6 cm³/mol. The molecule has 3 rings (SSSR count). The molecule has 0 aliphatic heterocycles. The van der Waals surface area contributed by atoms with Crippen molar-refractivity contribution < 1.29 is 9.90 Å². The minimum Gasteiger partial charge on any atom is -0.476 e. The first kappa shape index (κ1) is 12.2. The molecule has 0 unspecified atom stereocenters. The van der Waals surface area contributed by atoms with Crippen LogP contribution in [0.25, 0.3) is 0 Å². The minimum absolute atomic E-state index is 0.0293. The standard InChI is InChI=1S/C14H12N2O2S/c17-14(18)12-6-7-13(16-15-12)19-11-5-4-9-2-1-3-10(9)8-11/h4-8H,1-3H2,(H,17,18). The number of nitrogens with zero attached hydrogens (tertiary/aromatic N) is 2. The lowest BCUT2D eigenvalue weighted by Gasteiger charge is -2.04. The van der Waals surface area contributed by atoms with Gasteiger partial charge in [-0.15, -0.1) is 10.2 Å². The summed E-state index contributed by atoms with van der Waals surface area (Å²) in [6.07, 6.45) is 3.55. The Labute approximate surface area is 114 Å². The molecule has 1 aliphatic rings. The number of carboxylic acid groups (broad SMARTS) is 1. The molecule has 5 heteroatoms. The Hall–Kier alpha value is -1.88. The Balaban J connectivity index is 1.79. The first-order valence-electron chi connectivity index (χ1n) is 6.09. The maximum atomic E-state index is 10.7. The Morgan fingerprint density at radius 2 is 1.95 bits per heavy atom. The van der Waals surface area contributed by atoms with Crippen LogP contribution in [0.3, 0.4) is 0 Å². The van der Waals surface area contributed by atoms with E-state index in [1.165, 1.54) is 41.8 Å². The fraction of sp³-hybridized carbons (Fsp3) is 0.214. The van der Waals surface area contributed by atoms with Gasteiger partial charge in [-0.2, -0.15) is 0 Å². The summed E-state index contributed by atoms with van der Waals surface area (Å²) < 4.78 is 0. The number of carbonyl (C=O) groups is 1. The molecule has 0 radical (unpaired) electrons. The topological polar surface area (TPSA) is 63.1 Å². The van der Waals surface area contributed by atoms with Crippen LogP contribution in [-0.4, -0.2) is 21.3 Å². The number of benzene rings is 1. The van der Waals surface area contributed by atoms with E-state index in [-0.39, 0.29) is 5.69 Å². The zero-order valence-electron chi connectivity index (χ0n) is 10.2. The predicted octanol–water partition coefficient (Wildman–Crippen LogP) is 2.81. The smallest absolute Gasteiger partial charge is 0.356 e. The molecule has 1 N–H and O–H groups in total. The van der Waals surface area contributed by atoms with Crippen molar-refractivity contribution in [1.29, 1.82) is 0 Å². The number of aromatic carboxylic acids is 1. The van der Waals surface area contributed by atoms with Gasteiger partial charge in [0.25, 0.3) is 0 Å². The van der Waals surface area contributed by atoms with Gasteiger partial charge in [-0.1, -0.05) is 17.8 Å². The highest BCUT2D eigenvalue weighted by molar-refractivity contribution is 7.99. The lowest BCUT2D eigenvalue weighted by molar-refractivity contribution is 0.0689. The molecule has 1 aromatic heterocycles. The average Bonchev–Trinajstić information content (AvgIpc) is 2.87. The zero-order valence-corrected chi connectivity index (χ0v) is 11.0. The molecule has 96 valence electrons. The molecular formula is C14H12N2O2S. The molecule has 4 nitrogen and oxygen atoms in total. The first-order valence-corrected chi connectivity index (χ1v) is 6.91. The maximum Gasteiger partial charge on any atom is 0.356 e. The van der Waals surface area contributed by atoms with Crippen LogP contribution >= 0.6 is 11.8 Å². The van der Waals surface area contributed by atoms with Gasteiger partial charge in [0.05, 0.1) is 0 Å². The van der Waals surface area contributed by atoms with Crippen LogP contribution in [0.1, 0.15) is 28.0 Å². The highest BCUT2D eigenvalue weighted by Gasteiger charge is 2.12. The molecule has 0 atom stereocenters. The molecule has 0 bridgehead atoms. The molecule has 1 aliphatic carbocycles. The Kier molecular flexibility index (Phi) is 3.21. The second-order valence-electron chi connectivity index (χ2n) is 4.45. The molecule has 0 amide bonds. The zero-order chi connectivity index (χ0) is 13.2. The highest BCUT2D eigenvalue weighted by Crippen LogP contribution is 2.30. The Morgan fingerprint density at radius 1 is 1.11 bits per heavy atom. The van der Waals surface area contributed by atoms with Gasteiger partial charge in [-0.05, 0) is 54.7 Å². The summed E-state index contributed by atoms with van der Waals surface area (Å²) in [5, 5.41) is 17.1. The second-order valence-corrected chi connectivity index (χ2v) is 5.54. The largest absolute Gasteiger partial charge is 0.476 e. The summed E-state index contributed by atoms with van der Waals surface area (Å²) in [5.41, 5.74) is 2.83. The van der Waals surface area contributed by atoms with Gasteiger partial charge < -0.3 is 5.11 Å². The van der Waals surface area contributed by atoms with Crippen molar-refractivity contribution in [2.45, 2.75) is 29.2 Å². The van der Waals surface area contributed by atoms with E-state index in [1.807, 2.05) is 0 Å². The number of hydrogen-bond acceptors (Lipinski definition) is 4. The van der Waals surface area contributed by atoms with Crippen molar-refractivity contribution in [3.05, 3.63) is 47.2 Å². The van der Waals surface area contributed by atoms with Crippen LogP contribution in [0, 0.1) is 0 Å². The third kappa shape index (κ3) is 2.61. The van der Waals surface area contributed by atoms with Crippen molar-refractivity contribution >= 4 is 17.7 Å². The summed E-state index contributed by atoms with van der Waals surface area (Å²) in [6, 6.07) is 9.62. The van der Waals surface area contributed by atoms with E-state index in [1.54, 1.807) is 6.07 Å². The number of rotatable bonds is 3. The molecule has 0 saturated carbocycles. The third-order valence-corrected chi connectivity index (χ3v) is 4.07. The van der Waals surface area contributed by atoms with Gasteiger partial charge in [-0.25, -0.2) is 4.79 Å². The van der Waals surface area contributed by atoms with Crippen LogP contribution < -0.4 is 0 Å². The van der Waals surface area contributed by atoms with E-state index in [2.05, 4.69) is 28.4 Å². The van der Waals surface area contributed by atoms with Crippen LogP contribution in [0.5, 0.6) is 0 Å². The highest BCUT2D eigenvalue weighted by atomic mass is 32.2. The molecule has 0 saturated heterocycles. The molecule has 0 spiro atoms. The number of carboxylic acids is 1. The lowest BCUT2D eigenvalue weighted by Crippen LogP contribution is -2.01. The van der Waals surface area contributed by atoms with Crippen molar-refractivity contribution in [3.63, 3.8) is 0 Å². The van der Waals surface area contributed by atoms with Crippen molar-refractivity contribution in [3.8, 4) is 0 Å². The van der Waals surface area contributed by atoms with E-state index in [4.69, 9.17) is 5.11 Å². The quantitative estimate of drug-likeness (QED) is 0.930. The fourth-order valence-electron chi connectivity index (χ4n) is 2.22. The van der Waals surface area contributed by atoms with Crippen LogP contribution in [-0.2, 0) is 12.8 Å². The van der Waals surface area contributed by atoms with E-state index in [0.29, 0.717) is 5.03 Å². The molecular weight excluding hydrogens is 260 g/mol. The van der Waals surface area contributed by atoms with Crippen LogP contribution in [0.2, 0.25) is 0 Å². The molecule has 1 heterocycles. The van der Waals surface area contributed by atoms with Gasteiger partial charge in [0.1, 0.15) is 5.03 Å². The summed E-state index contributed by atoms with van der Waals surface area (Å²) >= 11 is 1.51. The maximum absolute atomic E-state index is 10.7. The SMILES string of the molecule is O=C(O)c1ccc(Sc2ccc3c(c2)CCC3)nn1. The molecule has 2 aromatic rings. The van der Waals surface area contributed by atoms with E-state index < -0.39 is 5.97 Å². The number of aromatic nitrogens is 2. The number of fused-ring (bicyclic) bond motifs is 1. The molecule has 0 fully saturated rings. The van der Waals surface area contributed by atoms with Gasteiger partial charge in [0.15, 0.2) is 5.69 Å². The van der Waals surface area contributed by atoms with Gasteiger partial charge >= 0.3 is 5.97 Å². The van der Waals surface area contributed by atoms with Crippen LogP contribution in [0.15, 0.2) is 40.3 Å². The Morgan fingerprint density at radius 3 is 2.68 bits per heavy atom. The van der Waals surface area contributed by atoms with Crippen LogP contribution in [0.4, 0.5) is 0 Å². The van der Waals surface area contributed by atoms with Crippen molar-refractivity contribution in [2.75, 3.05) is 0 Å². The van der Waals surface area contributed by atoms with Gasteiger partial charge in [0.2, 0.25) is 0 Å². The van der Waals surface area contributed by atoms with Crippen molar-refractivity contribution in [2.24, 2.45) is 0 Å². The normalized spacial score (nSPS) is 13.3. The minimum atomic E-state index is -1.05.